The van der Waals surface area contributed by atoms with Crippen molar-refractivity contribution in [2.45, 2.75) is 0 Å². The van der Waals surface area contributed by atoms with E-state index in [-0.39, 0.29) is 6.03 Å². The molecule has 116 valence electrons. The van der Waals surface area contributed by atoms with Gasteiger partial charge in [0, 0.05) is 5.69 Å². The van der Waals surface area contributed by atoms with Gasteiger partial charge in [-0.25, -0.2) is 14.6 Å². The molecule has 0 aliphatic heterocycles. The molecule has 7 heteroatoms. The van der Waals surface area contributed by atoms with E-state index in [1.807, 2.05) is 18.2 Å². The molecule has 0 bridgehead atoms. The van der Waals surface area contributed by atoms with Crippen LogP contribution in [0, 0.1) is 0 Å². The molecular weight excluding hydrogens is 314 g/mol. The first-order valence-electron chi connectivity index (χ1n) is 6.77. The normalized spacial score (nSPS) is 10.3. The molecule has 2 aromatic carbocycles. The second-order valence-electron chi connectivity index (χ2n) is 4.64. The van der Waals surface area contributed by atoms with Crippen LogP contribution in [0.15, 0.2) is 48.5 Å². The number of hydrogen-bond donors (Lipinski definition) is 2. The maximum Gasteiger partial charge on any atom is 0.337 e. The van der Waals surface area contributed by atoms with Gasteiger partial charge in [0.25, 0.3) is 0 Å². The molecule has 0 aliphatic rings. The minimum absolute atomic E-state index is 0.372. The molecule has 0 fully saturated rings. The van der Waals surface area contributed by atoms with Crippen LogP contribution in [0.5, 0.6) is 0 Å². The molecule has 23 heavy (non-hydrogen) atoms. The Kier molecular flexibility index (Phi) is 4.20. The maximum atomic E-state index is 12.0. The van der Waals surface area contributed by atoms with Gasteiger partial charge in [0.05, 0.1) is 22.9 Å². The van der Waals surface area contributed by atoms with Crippen molar-refractivity contribution in [1.29, 1.82) is 0 Å². The van der Waals surface area contributed by atoms with Gasteiger partial charge in [-0.3, -0.25) is 5.32 Å². The number of esters is 1. The lowest BCUT2D eigenvalue weighted by atomic mass is 10.2. The summed E-state index contributed by atoms with van der Waals surface area (Å²) >= 11 is 1.29. The Bertz CT molecular complexity index is 861. The number of para-hydroxylation sites is 1. The number of benzene rings is 2. The number of amides is 2. The van der Waals surface area contributed by atoms with E-state index in [0.29, 0.717) is 21.9 Å². The Morgan fingerprint density at radius 2 is 1.87 bits per heavy atom. The summed E-state index contributed by atoms with van der Waals surface area (Å²) in [6.45, 7) is 0. The molecule has 0 spiro atoms. The molecular formula is C16H13N3O3S. The van der Waals surface area contributed by atoms with Gasteiger partial charge in [0.1, 0.15) is 0 Å². The number of rotatable bonds is 3. The van der Waals surface area contributed by atoms with E-state index >= 15 is 0 Å². The quantitative estimate of drug-likeness (QED) is 0.718. The number of carbonyl (C=O) groups is 2. The highest BCUT2D eigenvalue weighted by molar-refractivity contribution is 7.22. The number of urea groups is 1. The maximum absolute atomic E-state index is 12.0. The zero-order valence-corrected chi connectivity index (χ0v) is 13.0. The van der Waals surface area contributed by atoms with Gasteiger partial charge in [-0.1, -0.05) is 29.5 Å². The summed E-state index contributed by atoms with van der Waals surface area (Å²) in [5.74, 6) is -0.406. The average Bonchev–Trinajstić information content (AvgIpc) is 2.95. The monoisotopic (exact) mass is 327 g/mol. The minimum Gasteiger partial charge on any atom is -0.465 e. The Balaban J connectivity index is 1.75. The first kappa shape index (κ1) is 15.0. The molecule has 1 aromatic heterocycles. The first-order valence-corrected chi connectivity index (χ1v) is 7.59. The van der Waals surface area contributed by atoms with Crippen LogP contribution in [-0.2, 0) is 4.74 Å². The van der Waals surface area contributed by atoms with E-state index in [0.717, 1.165) is 4.70 Å². The molecule has 2 amide bonds. The molecule has 3 rings (SSSR count). The molecule has 0 aliphatic carbocycles. The predicted molar refractivity (Wildman–Crippen MR) is 90.0 cm³/mol. The van der Waals surface area contributed by atoms with Gasteiger partial charge in [-0.05, 0) is 30.3 Å². The van der Waals surface area contributed by atoms with Crippen LogP contribution in [0.4, 0.5) is 15.6 Å². The number of anilines is 2. The smallest absolute Gasteiger partial charge is 0.337 e. The van der Waals surface area contributed by atoms with Gasteiger partial charge in [-0.2, -0.15) is 0 Å². The summed E-state index contributed by atoms with van der Waals surface area (Å²) in [7, 11) is 1.33. The molecule has 0 unspecified atom stereocenters. The summed E-state index contributed by atoms with van der Waals surface area (Å²) in [5.41, 5.74) is 1.85. The number of hydrogen-bond acceptors (Lipinski definition) is 5. The highest BCUT2D eigenvalue weighted by Gasteiger charge is 2.11. The Morgan fingerprint density at radius 3 is 2.61 bits per heavy atom. The second kappa shape index (κ2) is 6.45. The van der Waals surface area contributed by atoms with E-state index < -0.39 is 5.97 Å². The fourth-order valence-corrected chi connectivity index (χ4v) is 2.90. The van der Waals surface area contributed by atoms with E-state index in [1.165, 1.54) is 18.4 Å². The summed E-state index contributed by atoms with van der Waals surface area (Å²) in [6, 6.07) is 13.8. The van der Waals surface area contributed by atoms with E-state index in [2.05, 4.69) is 20.4 Å². The Labute approximate surface area is 136 Å². The molecule has 0 saturated carbocycles. The van der Waals surface area contributed by atoms with Crippen LogP contribution < -0.4 is 10.6 Å². The van der Waals surface area contributed by atoms with Crippen molar-refractivity contribution >= 4 is 44.4 Å². The number of methoxy groups -OCH3 is 1. The average molecular weight is 327 g/mol. The van der Waals surface area contributed by atoms with Crippen molar-refractivity contribution in [2.75, 3.05) is 17.7 Å². The van der Waals surface area contributed by atoms with Gasteiger partial charge in [0.15, 0.2) is 5.13 Å². The van der Waals surface area contributed by atoms with Gasteiger partial charge < -0.3 is 10.1 Å². The topological polar surface area (TPSA) is 80.3 Å². The van der Waals surface area contributed by atoms with E-state index in [1.54, 1.807) is 30.3 Å². The lowest BCUT2D eigenvalue weighted by Gasteiger charge is -2.04. The first-order chi connectivity index (χ1) is 11.2. The fraction of sp³-hybridized carbons (Fsp3) is 0.0625. The predicted octanol–water partition coefficient (Wildman–Crippen LogP) is 3.73. The van der Waals surface area contributed by atoms with Crippen LogP contribution in [0.1, 0.15) is 10.4 Å². The van der Waals surface area contributed by atoms with E-state index in [4.69, 9.17) is 0 Å². The van der Waals surface area contributed by atoms with Crippen LogP contribution in [0.3, 0.4) is 0 Å². The van der Waals surface area contributed by atoms with Crippen molar-refractivity contribution in [3.63, 3.8) is 0 Å². The van der Waals surface area contributed by atoms with Crippen molar-refractivity contribution in [3.8, 4) is 0 Å². The van der Waals surface area contributed by atoms with Gasteiger partial charge in [-0.15, -0.1) is 0 Å². The largest absolute Gasteiger partial charge is 0.465 e. The van der Waals surface area contributed by atoms with Crippen molar-refractivity contribution < 1.29 is 14.3 Å². The molecule has 1 heterocycles. The SMILES string of the molecule is COC(=O)c1ccc2nc(NC(=O)Nc3ccccc3)sc2c1. The van der Waals surface area contributed by atoms with Gasteiger partial charge in [0.2, 0.25) is 0 Å². The molecule has 6 nitrogen and oxygen atoms in total. The van der Waals surface area contributed by atoms with Crippen molar-refractivity contribution in [3.05, 3.63) is 54.1 Å². The van der Waals surface area contributed by atoms with Crippen LogP contribution >= 0.6 is 11.3 Å². The highest BCUT2D eigenvalue weighted by atomic mass is 32.1. The molecule has 0 atom stereocenters. The zero-order valence-electron chi connectivity index (χ0n) is 12.2. The summed E-state index contributed by atoms with van der Waals surface area (Å²) < 4.78 is 5.48. The third-order valence-corrected chi connectivity index (χ3v) is 4.00. The Morgan fingerprint density at radius 1 is 1.09 bits per heavy atom. The lowest BCUT2D eigenvalue weighted by molar-refractivity contribution is 0.0601. The van der Waals surface area contributed by atoms with Crippen molar-refractivity contribution in [2.24, 2.45) is 0 Å². The number of thiazole rings is 1. The zero-order chi connectivity index (χ0) is 16.2. The summed E-state index contributed by atoms with van der Waals surface area (Å²) in [4.78, 5) is 27.8. The van der Waals surface area contributed by atoms with Crippen LogP contribution in [0.2, 0.25) is 0 Å². The standard InChI is InChI=1S/C16H13N3O3S/c1-22-14(20)10-7-8-12-13(9-10)23-16(18-12)19-15(21)17-11-5-3-2-4-6-11/h2-9H,1H3,(H2,17,18,19,21). The molecule has 2 N–H and O–H groups in total. The summed E-state index contributed by atoms with van der Waals surface area (Å²) in [6.07, 6.45) is 0. The third-order valence-electron chi connectivity index (χ3n) is 3.06. The van der Waals surface area contributed by atoms with Crippen LogP contribution in [-0.4, -0.2) is 24.1 Å². The van der Waals surface area contributed by atoms with Crippen molar-refractivity contribution in [1.82, 2.24) is 4.98 Å². The second-order valence-corrected chi connectivity index (χ2v) is 5.67. The minimum atomic E-state index is -0.406. The number of fused-ring (bicyclic) bond motifs is 1. The van der Waals surface area contributed by atoms with Crippen LogP contribution in [0.25, 0.3) is 10.2 Å². The number of carbonyl (C=O) groups excluding carboxylic acids is 2. The number of nitrogens with one attached hydrogen (secondary N) is 2. The Hall–Kier alpha value is -2.93. The molecule has 0 radical (unpaired) electrons. The number of ether oxygens (including phenoxy) is 1. The number of aromatic nitrogens is 1. The molecule has 3 aromatic rings. The van der Waals surface area contributed by atoms with Gasteiger partial charge >= 0.3 is 12.0 Å². The molecule has 0 saturated heterocycles. The van der Waals surface area contributed by atoms with E-state index in [9.17, 15) is 9.59 Å². The lowest BCUT2D eigenvalue weighted by Crippen LogP contribution is -2.19. The summed E-state index contributed by atoms with van der Waals surface area (Å²) in [5, 5.41) is 5.85. The third kappa shape index (κ3) is 3.46. The number of nitrogens with zero attached hydrogens (tertiary/aromatic N) is 1. The fourth-order valence-electron chi connectivity index (χ4n) is 2.00. The highest BCUT2D eigenvalue weighted by Crippen LogP contribution is 2.27.